The minimum Gasteiger partial charge on any atom is -0.363 e. The van der Waals surface area contributed by atoms with Gasteiger partial charge in [-0.25, -0.2) is 4.98 Å². The monoisotopic (exact) mass is 303 g/mol. The van der Waals surface area contributed by atoms with E-state index in [4.69, 9.17) is 11.6 Å². The highest BCUT2D eigenvalue weighted by Crippen LogP contribution is 2.20. The van der Waals surface area contributed by atoms with E-state index in [-0.39, 0.29) is 5.91 Å². The molecular formula is C16H18ClN3O. The summed E-state index contributed by atoms with van der Waals surface area (Å²) < 4.78 is 0. The number of hydrogen-bond acceptors (Lipinski definition) is 3. The molecule has 0 atom stereocenters. The molecule has 1 aromatic carbocycles. The molecule has 0 aliphatic carbocycles. The number of hydrogen-bond donors (Lipinski definition) is 1. The zero-order valence-corrected chi connectivity index (χ0v) is 13.1. The van der Waals surface area contributed by atoms with Gasteiger partial charge < -0.3 is 10.2 Å². The Balaban J connectivity index is 2.28. The fraction of sp³-hybridized carbons (Fsp3) is 0.250. The molecule has 2 aromatic rings. The summed E-state index contributed by atoms with van der Waals surface area (Å²) in [6, 6.07) is 11.0. The standard InChI is InChI=1S/C16H18ClN3O/c1-4-11-7-5-6-8-13(11)18-16(21)12-9-14(17)19-15(10-12)20(2)3/h5-10H,4H2,1-3H3,(H,18,21). The van der Waals surface area contributed by atoms with Crippen LogP contribution in [0.5, 0.6) is 0 Å². The van der Waals surface area contributed by atoms with Gasteiger partial charge in [-0.2, -0.15) is 0 Å². The summed E-state index contributed by atoms with van der Waals surface area (Å²) >= 11 is 5.98. The molecule has 0 fully saturated rings. The van der Waals surface area contributed by atoms with E-state index in [1.54, 1.807) is 12.1 Å². The first-order valence-corrected chi connectivity index (χ1v) is 7.13. The molecule has 0 bridgehead atoms. The van der Waals surface area contributed by atoms with Crippen molar-refractivity contribution in [3.05, 3.63) is 52.7 Å². The van der Waals surface area contributed by atoms with Gasteiger partial charge in [0.1, 0.15) is 11.0 Å². The van der Waals surface area contributed by atoms with Crippen molar-refractivity contribution in [2.45, 2.75) is 13.3 Å². The SMILES string of the molecule is CCc1ccccc1NC(=O)c1cc(Cl)nc(N(C)C)c1. The Bertz CT molecular complexity index is 656. The molecule has 0 spiro atoms. The molecule has 0 radical (unpaired) electrons. The van der Waals surface area contributed by atoms with Crippen molar-refractivity contribution in [3.63, 3.8) is 0 Å². The molecule has 5 heteroatoms. The summed E-state index contributed by atoms with van der Waals surface area (Å²) in [6.45, 7) is 2.05. The van der Waals surface area contributed by atoms with Gasteiger partial charge in [0.25, 0.3) is 5.91 Å². The first-order valence-electron chi connectivity index (χ1n) is 6.75. The Morgan fingerprint density at radius 3 is 2.67 bits per heavy atom. The Morgan fingerprint density at radius 1 is 1.29 bits per heavy atom. The largest absolute Gasteiger partial charge is 0.363 e. The third-order valence-electron chi connectivity index (χ3n) is 3.15. The fourth-order valence-corrected chi connectivity index (χ4v) is 2.19. The molecule has 0 aliphatic rings. The molecular weight excluding hydrogens is 286 g/mol. The number of anilines is 2. The second-order valence-electron chi connectivity index (χ2n) is 4.90. The van der Waals surface area contributed by atoms with Crippen molar-refractivity contribution in [1.82, 2.24) is 4.98 Å². The van der Waals surface area contributed by atoms with Crippen LogP contribution in [0, 0.1) is 0 Å². The maximum Gasteiger partial charge on any atom is 0.255 e. The predicted molar refractivity (Wildman–Crippen MR) is 87.3 cm³/mol. The van der Waals surface area contributed by atoms with Gasteiger partial charge in [0.05, 0.1) is 0 Å². The minimum absolute atomic E-state index is 0.191. The van der Waals surface area contributed by atoms with Crippen LogP contribution in [0.4, 0.5) is 11.5 Å². The highest BCUT2D eigenvalue weighted by Gasteiger charge is 2.12. The van der Waals surface area contributed by atoms with Gasteiger partial charge >= 0.3 is 0 Å². The summed E-state index contributed by atoms with van der Waals surface area (Å²) in [6.07, 6.45) is 0.858. The van der Waals surface area contributed by atoms with Crippen LogP contribution in [0.2, 0.25) is 5.15 Å². The van der Waals surface area contributed by atoms with E-state index in [0.717, 1.165) is 17.7 Å². The third kappa shape index (κ3) is 3.73. The van der Waals surface area contributed by atoms with Crippen molar-refractivity contribution in [3.8, 4) is 0 Å². The van der Waals surface area contributed by atoms with Crippen LogP contribution in [0.25, 0.3) is 0 Å². The molecule has 1 amide bonds. The summed E-state index contributed by atoms with van der Waals surface area (Å²) in [7, 11) is 3.71. The smallest absolute Gasteiger partial charge is 0.255 e. The third-order valence-corrected chi connectivity index (χ3v) is 3.34. The lowest BCUT2D eigenvalue weighted by Gasteiger charge is -2.14. The highest BCUT2D eigenvalue weighted by atomic mass is 35.5. The number of aryl methyl sites for hydroxylation is 1. The Hall–Kier alpha value is -2.07. The lowest BCUT2D eigenvalue weighted by molar-refractivity contribution is 0.102. The molecule has 0 saturated heterocycles. The maximum absolute atomic E-state index is 12.4. The molecule has 1 N–H and O–H groups in total. The van der Waals surface area contributed by atoms with Crippen molar-refractivity contribution in [1.29, 1.82) is 0 Å². The second kappa shape index (κ2) is 6.59. The number of halogens is 1. The first-order chi connectivity index (χ1) is 10.0. The quantitative estimate of drug-likeness (QED) is 0.878. The van der Waals surface area contributed by atoms with Crippen molar-refractivity contribution in [2.24, 2.45) is 0 Å². The molecule has 21 heavy (non-hydrogen) atoms. The molecule has 0 aliphatic heterocycles. The lowest BCUT2D eigenvalue weighted by atomic mass is 10.1. The number of benzene rings is 1. The summed E-state index contributed by atoms with van der Waals surface area (Å²) in [5.41, 5.74) is 2.41. The number of carbonyl (C=O) groups excluding carboxylic acids is 1. The van der Waals surface area contributed by atoms with Crippen molar-refractivity contribution in [2.75, 3.05) is 24.3 Å². The summed E-state index contributed by atoms with van der Waals surface area (Å²) in [4.78, 5) is 18.4. The fourth-order valence-electron chi connectivity index (χ4n) is 1.99. The van der Waals surface area contributed by atoms with E-state index in [9.17, 15) is 4.79 Å². The second-order valence-corrected chi connectivity index (χ2v) is 5.28. The van der Waals surface area contributed by atoms with Gasteiger partial charge in [-0.05, 0) is 30.2 Å². The molecule has 0 unspecified atom stereocenters. The molecule has 2 rings (SSSR count). The number of rotatable bonds is 4. The van der Waals surface area contributed by atoms with Gasteiger partial charge in [0, 0.05) is 25.3 Å². The van der Waals surface area contributed by atoms with E-state index in [2.05, 4.69) is 17.2 Å². The topological polar surface area (TPSA) is 45.2 Å². The van der Waals surface area contributed by atoms with Gasteiger partial charge in [-0.1, -0.05) is 36.7 Å². The van der Waals surface area contributed by atoms with Gasteiger partial charge in [0.15, 0.2) is 0 Å². The number of amides is 1. The van der Waals surface area contributed by atoms with Crippen LogP contribution in [-0.4, -0.2) is 25.0 Å². The number of aromatic nitrogens is 1. The molecule has 1 aromatic heterocycles. The normalized spacial score (nSPS) is 10.3. The van der Waals surface area contributed by atoms with Gasteiger partial charge in [-0.15, -0.1) is 0 Å². The van der Waals surface area contributed by atoms with Crippen molar-refractivity contribution >= 4 is 29.0 Å². The number of carbonyl (C=O) groups is 1. The van der Waals surface area contributed by atoms with E-state index in [1.807, 2.05) is 43.3 Å². The van der Waals surface area contributed by atoms with E-state index in [0.29, 0.717) is 16.5 Å². The molecule has 4 nitrogen and oxygen atoms in total. The van der Waals surface area contributed by atoms with Crippen molar-refractivity contribution < 1.29 is 4.79 Å². The zero-order valence-electron chi connectivity index (χ0n) is 12.4. The zero-order chi connectivity index (χ0) is 15.4. The minimum atomic E-state index is -0.191. The average Bonchev–Trinajstić information content (AvgIpc) is 2.47. The number of nitrogens with zero attached hydrogens (tertiary/aromatic N) is 2. The maximum atomic E-state index is 12.4. The van der Waals surface area contributed by atoms with Crippen LogP contribution in [0.15, 0.2) is 36.4 Å². The van der Waals surface area contributed by atoms with Crippen LogP contribution in [0.3, 0.4) is 0 Å². The van der Waals surface area contributed by atoms with Crippen LogP contribution in [0.1, 0.15) is 22.8 Å². The van der Waals surface area contributed by atoms with E-state index >= 15 is 0 Å². The Kier molecular flexibility index (Phi) is 4.81. The van der Waals surface area contributed by atoms with Crippen LogP contribution >= 0.6 is 11.6 Å². The highest BCUT2D eigenvalue weighted by molar-refractivity contribution is 6.30. The Labute approximate surface area is 129 Å². The van der Waals surface area contributed by atoms with Gasteiger partial charge in [-0.3, -0.25) is 4.79 Å². The van der Waals surface area contributed by atoms with Gasteiger partial charge in [0.2, 0.25) is 0 Å². The predicted octanol–water partition coefficient (Wildman–Crippen LogP) is 3.62. The number of pyridine rings is 1. The summed E-state index contributed by atoms with van der Waals surface area (Å²) in [5, 5.41) is 3.23. The number of nitrogens with one attached hydrogen (secondary N) is 1. The van der Waals surface area contributed by atoms with E-state index < -0.39 is 0 Å². The summed E-state index contributed by atoms with van der Waals surface area (Å²) in [5.74, 6) is 0.458. The number of para-hydroxylation sites is 1. The van der Waals surface area contributed by atoms with Crippen LogP contribution < -0.4 is 10.2 Å². The lowest BCUT2D eigenvalue weighted by Crippen LogP contribution is -2.16. The molecule has 0 saturated carbocycles. The van der Waals surface area contributed by atoms with E-state index in [1.165, 1.54) is 0 Å². The first kappa shape index (κ1) is 15.3. The molecule has 1 heterocycles. The molecule has 110 valence electrons. The average molecular weight is 304 g/mol. The Morgan fingerprint density at radius 2 is 2.00 bits per heavy atom. The van der Waals surface area contributed by atoms with Crippen LogP contribution in [-0.2, 0) is 6.42 Å².